The number of hydrogen-bond donors (Lipinski definition) is 1. The Bertz CT molecular complexity index is 550. The summed E-state index contributed by atoms with van der Waals surface area (Å²) < 4.78 is 5.80. The van der Waals surface area contributed by atoms with Crippen molar-refractivity contribution in [3.05, 3.63) is 34.9 Å². The van der Waals surface area contributed by atoms with Gasteiger partial charge in [-0.15, -0.1) is 0 Å². The fourth-order valence-electron chi connectivity index (χ4n) is 3.69. The molecule has 2 bridgehead atoms. The van der Waals surface area contributed by atoms with Crippen LogP contribution in [0.1, 0.15) is 33.1 Å². The zero-order valence-electron chi connectivity index (χ0n) is 12.2. The van der Waals surface area contributed by atoms with Crippen molar-refractivity contribution >= 4 is 17.3 Å². The van der Waals surface area contributed by atoms with Gasteiger partial charge in [0.25, 0.3) is 0 Å². The Labute approximate surface area is 126 Å². The minimum absolute atomic E-state index is 0.489. The van der Waals surface area contributed by atoms with Crippen molar-refractivity contribution in [2.45, 2.75) is 33.1 Å². The highest BCUT2D eigenvalue weighted by atomic mass is 35.5. The summed E-state index contributed by atoms with van der Waals surface area (Å²) in [7, 11) is 0. The van der Waals surface area contributed by atoms with Gasteiger partial charge >= 0.3 is 0 Å². The molecule has 2 unspecified atom stereocenters. The van der Waals surface area contributed by atoms with E-state index in [1.54, 1.807) is 11.6 Å². The standard InChI is InChI=1S/C17H22ClNO/c1-17(2)12-4-3-11(14(17)9-12)7-8-20-16-6-5-13(18)10-15(16)19/h3,5-6,10,12,14H,4,7-9,19H2,1-2H3. The first-order valence-corrected chi connectivity index (χ1v) is 7.73. The smallest absolute Gasteiger partial charge is 0.142 e. The number of nitrogen functional groups attached to an aromatic ring is 1. The van der Waals surface area contributed by atoms with E-state index >= 15 is 0 Å². The molecule has 1 fully saturated rings. The lowest BCUT2D eigenvalue weighted by atomic mass is 9.48. The second-order valence-electron chi connectivity index (χ2n) is 6.60. The molecular weight excluding hydrogens is 270 g/mol. The normalized spacial score (nSPS) is 26.6. The summed E-state index contributed by atoms with van der Waals surface area (Å²) in [5, 5.41) is 0.645. The molecule has 108 valence electrons. The number of allylic oxidation sites excluding steroid dienone is 1. The lowest BCUT2D eigenvalue weighted by Gasteiger charge is -2.56. The summed E-state index contributed by atoms with van der Waals surface area (Å²) in [6.07, 6.45) is 6.03. The van der Waals surface area contributed by atoms with E-state index in [9.17, 15) is 0 Å². The van der Waals surface area contributed by atoms with Gasteiger partial charge in [-0.25, -0.2) is 0 Å². The van der Waals surface area contributed by atoms with E-state index < -0.39 is 0 Å². The second-order valence-corrected chi connectivity index (χ2v) is 7.04. The van der Waals surface area contributed by atoms with E-state index in [2.05, 4.69) is 19.9 Å². The number of fused-ring (bicyclic) bond motifs is 1. The second kappa shape index (κ2) is 5.00. The lowest BCUT2D eigenvalue weighted by Crippen LogP contribution is -2.48. The van der Waals surface area contributed by atoms with Gasteiger partial charge in [0.15, 0.2) is 0 Å². The fraction of sp³-hybridized carbons (Fsp3) is 0.529. The molecule has 4 rings (SSSR count). The fourth-order valence-corrected chi connectivity index (χ4v) is 3.87. The molecule has 0 heterocycles. The maximum atomic E-state index is 5.89. The van der Waals surface area contributed by atoms with E-state index in [4.69, 9.17) is 22.1 Å². The first-order chi connectivity index (χ1) is 9.48. The number of anilines is 1. The molecule has 1 aromatic rings. The molecule has 2 N–H and O–H groups in total. The van der Waals surface area contributed by atoms with E-state index in [0.717, 1.165) is 24.0 Å². The highest BCUT2D eigenvalue weighted by Gasteiger charge is 2.50. The number of rotatable bonds is 4. The average Bonchev–Trinajstić information content (AvgIpc) is 2.41. The number of ether oxygens (including phenoxy) is 1. The largest absolute Gasteiger partial charge is 0.491 e. The van der Waals surface area contributed by atoms with Crippen LogP contribution in [0.2, 0.25) is 5.02 Å². The van der Waals surface area contributed by atoms with Crippen LogP contribution in [0, 0.1) is 17.3 Å². The van der Waals surface area contributed by atoms with Crippen molar-refractivity contribution in [3.63, 3.8) is 0 Å². The van der Waals surface area contributed by atoms with Gasteiger partial charge in [0.05, 0.1) is 12.3 Å². The zero-order chi connectivity index (χ0) is 14.3. The van der Waals surface area contributed by atoms with E-state index in [0.29, 0.717) is 22.7 Å². The Morgan fingerprint density at radius 1 is 1.40 bits per heavy atom. The Morgan fingerprint density at radius 3 is 2.85 bits per heavy atom. The number of benzene rings is 1. The number of hydrogen-bond acceptors (Lipinski definition) is 2. The third kappa shape index (κ3) is 2.31. The molecular formula is C17H22ClNO. The molecule has 0 radical (unpaired) electrons. The average molecular weight is 292 g/mol. The van der Waals surface area contributed by atoms with Crippen molar-refractivity contribution in [1.82, 2.24) is 0 Å². The molecule has 1 saturated carbocycles. The van der Waals surface area contributed by atoms with Crippen LogP contribution in [0.4, 0.5) is 5.69 Å². The molecule has 2 nitrogen and oxygen atoms in total. The predicted octanol–water partition coefficient (Wildman–Crippen LogP) is 4.68. The van der Waals surface area contributed by atoms with Crippen molar-refractivity contribution in [1.29, 1.82) is 0 Å². The van der Waals surface area contributed by atoms with Gasteiger partial charge in [-0.2, -0.15) is 0 Å². The minimum Gasteiger partial charge on any atom is -0.491 e. The molecule has 0 aliphatic heterocycles. The summed E-state index contributed by atoms with van der Waals surface area (Å²) in [6, 6.07) is 5.39. The van der Waals surface area contributed by atoms with Crippen molar-refractivity contribution < 1.29 is 4.74 Å². The van der Waals surface area contributed by atoms with Crippen LogP contribution < -0.4 is 10.5 Å². The summed E-state index contributed by atoms with van der Waals surface area (Å²) in [4.78, 5) is 0. The topological polar surface area (TPSA) is 35.2 Å². The van der Waals surface area contributed by atoms with Crippen LogP contribution in [0.25, 0.3) is 0 Å². The van der Waals surface area contributed by atoms with Gasteiger partial charge in [-0.3, -0.25) is 0 Å². The van der Waals surface area contributed by atoms with Crippen LogP contribution in [-0.2, 0) is 0 Å². The first kappa shape index (κ1) is 13.8. The Morgan fingerprint density at radius 2 is 2.20 bits per heavy atom. The van der Waals surface area contributed by atoms with E-state index in [1.807, 2.05) is 12.1 Å². The molecule has 0 saturated heterocycles. The maximum Gasteiger partial charge on any atom is 0.142 e. The van der Waals surface area contributed by atoms with Gasteiger partial charge in [-0.05, 0) is 48.3 Å². The molecule has 0 amide bonds. The molecule has 0 spiro atoms. The first-order valence-electron chi connectivity index (χ1n) is 7.35. The molecule has 2 atom stereocenters. The predicted molar refractivity (Wildman–Crippen MR) is 84.1 cm³/mol. The van der Waals surface area contributed by atoms with Crippen molar-refractivity contribution in [2.24, 2.45) is 17.3 Å². The molecule has 0 aromatic heterocycles. The molecule has 20 heavy (non-hydrogen) atoms. The zero-order valence-corrected chi connectivity index (χ0v) is 12.9. The van der Waals surface area contributed by atoms with Crippen LogP contribution in [-0.4, -0.2) is 6.61 Å². The Balaban J connectivity index is 1.57. The maximum absolute atomic E-state index is 5.89. The molecule has 3 aliphatic rings. The van der Waals surface area contributed by atoms with Crippen LogP contribution in [0.5, 0.6) is 5.75 Å². The van der Waals surface area contributed by atoms with Crippen LogP contribution in [0.3, 0.4) is 0 Å². The summed E-state index contributed by atoms with van der Waals surface area (Å²) >= 11 is 5.88. The summed E-state index contributed by atoms with van der Waals surface area (Å²) in [5.41, 5.74) is 8.57. The SMILES string of the molecule is CC1(C)C2CC=C(CCOc3ccc(Cl)cc3N)C1C2. The van der Waals surface area contributed by atoms with Gasteiger partial charge in [0.1, 0.15) is 5.75 Å². The van der Waals surface area contributed by atoms with Crippen LogP contribution >= 0.6 is 11.6 Å². The van der Waals surface area contributed by atoms with Crippen molar-refractivity contribution in [3.8, 4) is 5.75 Å². The third-order valence-corrected chi connectivity index (χ3v) is 5.44. The molecule has 3 heteroatoms. The van der Waals surface area contributed by atoms with Gasteiger partial charge in [0, 0.05) is 11.4 Å². The third-order valence-electron chi connectivity index (χ3n) is 5.20. The number of halogens is 1. The van der Waals surface area contributed by atoms with E-state index in [1.165, 1.54) is 12.8 Å². The monoisotopic (exact) mass is 291 g/mol. The minimum atomic E-state index is 0.489. The van der Waals surface area contributed by atoms with Gasteiger partial charge < -0.3 is 10.5 Å². The lowest BCUT2D eigenvalue weighted by molar-refractivity contribution is -0.00916. The molecule has 3 aliphatic carbocycles. The van der Waals surface area contributed by atoms with Gasteiger partial charge in [0.2, 0.25) is 0 Å². The molecule has 1 aromatic carbocycles. The van der Waals surface area contributed by atoms with E-state index in [-0.39, 0.29) is 0 Å². The quantitative estimate of drug-likeness (QED) is 0.645. The highest BCUT2D eigenvalue weighted by Crippen LogP contribution is 2.59. The van der Waals surface area contributed by atoms with Gasteiger partial charge in [-0.1, -0.05) is 37.1 Å². The van der Waals surface area contributed by atoms with Crippen LogP contribution in [0.15, 0.2) is 29.8 Å². The summed E-state index contributed by atoms with van der Waals surface area (Å²) in [5.74, 6) is 2.38. The number of nitrogens with two attached hydrogens (primary N) is 1. The highest BCUT2D eigenvalue weighted by molar-refractivity contribution is 6.30. The van der Waals surface area contributed by atoms with Crippen molar-refractivity contribution in [2.75, 3.05) is 12.3 Å². The Hall–Kier alpha value is -1.15. The Kier molecular flexibility index (Phi) is 3.45. The summed E-state index contributed by atoms with van der Waals surface area (Å²) in [6.45, 7) is 5.49.